The van der Waals surface area contributed by atoms with E-state index in [1.54, 1.807) is 0 Å². The van der Waals surface area contributed by atoms with Crippen molar-refractivity contribution in [3.63, 3.8) is 0 Å². The minimum absolute atomic E-state index is 0.307. The van der Waals surface area contributed by atoms with Gasteiger partial charge in [0.1, 0.15) is 6.07 Å². The molecule has 1 saturated heterocycles. The number of piperidine rings is 1. The second kappa shape index (κ2) is 5.07. The molecular formula is C13H15BrN2O. The van der Waals surface area contributed by atoms with Crippen molar-refractivity contribution in [2.75, 3.05) is 18.0 Å². The lowest BCUT2D eigenvalue weighted by Gasteiger charge is -2.36. The molecule has 90 valence electrons. The molecule has 0 spiro atoms. The molecule has 17 heavy (non-hydrogen) atoms. The van der Waals surface area contributed by atoms with Gasteiger partial charge >= 0.3 is 0 Å². The van der Waals surface area contributed by atoms with Gasteiger partial charge in [-0.05, 0) is 30.5 Å². The zero-order valence-corrected chi connectivity index (χ0v) is 11.3. The van der Waals surface area contributed by atoms with E-state index in [2.05, 4.69) is 33.8 Å². The van der Waals surface area contributed by atoms with Gasteiger partial charge in [0.25, 0.3) is 0 Å². The number of β-amino-alcohol motifs (C(OH)–C–C–N with tert-alkyl or cyclic N) is 1. The van der Waals surface area contributed by atoms with Gasteiger partial charge in [-0.1, -0.05) is 22.9 Å². The largest absolute Gasteiger partial charge is 0.391 e. The molecule has 1 aliphatic rings. The fourth-order valence-electron chi connectivity index (χ4n) is 2.14. The van der Waals surface area contributed by atoms with Gasteiger partial charge in [0.15, 0.2) is 0 Å². The third-order valence-corrected chi connectivity index (χ3v) is 3.83. The van der Waals surface area contributed by atoms with Gasteiger partial charge in [0.2, 0.25) is 0 Å². The van der Waals surface area contributed by atoms with Gasteiger partial charge in [-0.15, -0.1) is 0 Å². The smallest absolute Gasteiger partial charge is 0.101 e. The number of rotatable bonds is 1. The van der Waals surface area contributed by atoms with Gasteiger partial charge < -0.3 is 10.0 Å². The molecule has 0 radical (unpaired) electrons. The van der Waals surface area contributed by atoms with E-state index >= 15 is 0 Å². The van der Waals surface area contributed by atoms with Crippen molar-refractivity contribution in [1.29, 1.82) is 5.26 Å². The maximum Gasteiger partial charge on any atom is 0.101 e. The SMILES string of the molecule is C[C@H]1CCN(c2ccc(Br)cc2C#N)C[C@@H]1O. The topological polar surface area (TPSA) is 47.3 Å². The number of anilines is 1. The summed E-state index contributed by atoms with van der Waals surface area (Å²) in [6.45, 7) is 3.57. The van der Waals surface area contributed by atoms with E-state index in [-0.39, 0.29) is 6.10 Å². The molecule has 0 bridgehead atoms. The van der Waals surface area contributed by atoms with Crippen LogP contribution in [0.25, 0.3) is 0 Å². The Labute approximate surface area is 110 Å². The standard InChI is InChI=1S/C13H15BrN2O/c1-9-4-5-16(8-13(9)17)12-3-2-11(14)6-10(12)7-15/h2-3,6,9,13,17H,4-5,8H2,1H3/t9-,13-/m0/s1. The summed E-state index contributed by atoms with van der Waals surface area (Å²) in [6.07, 6.45) is 0.654. The second-order valence-corrected chi connectivity index (χ2v) is 5.47. The van der Waals surface area contributed by atoms with E-state index in [1.165, 1.54) is 0 Å². The first kappa shape index (κ1) is 12.4. The Hall–Kier alpha value is -1.05. The van der Waals surface area contributed by atoms with Crippen molar-refractivity contribution in [1.82, 2.24) is 0 Å². The van der Waals surface area contributed by atoms with Gasteiger partial charge in [0, 0.05) is 17.6 Å². The van der Waals surface area contributed by atoms with Crippen LogP contribution in [-0.2, 0) is 0 Å². The summed E-state index contributed by atoms with van der Waals surface area (Å²) in [5.41, 5.74) is 1.57. The third kappa shape index (κ3) is 2.62. The molecule has 1 N–H and O–H groups in total. The highest BCUT2D eigenvalue weighted by molar-refractivity contribution is 9.10. The summed E-state index contributed by atoms with van der Waals surface area (Å²) in [7, 11) is 0. The molecule has 0 saturated carbocycles. The highest BCUT2D eigenvalue weighted by atomic mass is 79.9. The normalized spacial score (nSPS) is 24.5. The summed E-state index contributed by atoms with van der Waals surface area (Å²) in [5.74, 6) is 0.340. The fourth-order valence-corrected chi connectivity index (χ4v) is 2.50. The zero-order chi connectivity index (χ0) is 12.4. The van der Waals surface area contributed by atoms with Crippen LogP contribution < -0.4 is 4.90 Å². The molecular weight excluding hydrogens is 280 g/mol. The molecule has 1 fully saturated rings. The van der Waals surface area contributed by atoms with Crippen molar-refractivity contribution in [3.8, 4) is 6.07 Å². The average molecular weight is 295 g/mol. The van der Waals surface area contributed by atoms with Crippen LogP contribution in [0.2, 0.25) is 0 Å². The summed E-state index contributed by atoms with van der Waals surface area (Å²) in [5, 5.41) is 19.0. The first-order chi connectivity index (χ1) is 8.11. The van der Waals surface area contributed by atoms with E-state index in [0.29, 0.717) is 18.0 Å². The highest BCUT2D eigenvalue weighted by Crippen LogP contribution is 2.28. The van der Waals surface area contributed by atoms with Gasteiger partial charge in [-0.2, -0.15) is 5.26 Å². The summed E-state index contributed by atoms with van der Waals surface area (Å²) in [6, 6.07) is 7.89. The number of hydrogen-bond donors (Lipinski definition) is 1. The molecule has 1 aromatic rings. The Morgan fingerprint density at radius 1 is 1.53 bits per heavy atom. The number of hydrogen-bond acceptors (Lipinski definition) is 3. The molecule has 1 aromatic carbocycles. The number of nitrogens with zero attached hydrogens (tertiary/aromatic N) is 2. The molecule has 0 aliphatic carbocycles. The van der Waals surface area contributed by atoms with Crippen LogP contribution in [-0.4, -0.2) is 24.3 Å². The van der Waals surface area contributed by atoms with E-state index < -0.39 is 0 Å². The van der Waals surface area contributed by atoms with Crippen LogP contribution in [0.5, 0.6) is 0 Å². The minimum atomic E-state index is -0.307. The van der Waals surface area contributed by atoms with E-state index in [9.17, 15) is 5.11 Å². The van der Waals surface area contributed by atoms with Crippen molar-refractivity contribution >= 4 is 21.6 Å². The molecule has 0 unspecified atom stereocenters. The third-order valence-electron chi connectivity index (χ3n) is 3.34. The van der Waals surface area contributed by atoms with E-state index in [4.69, 9.17) is 5.26 Å². The quantitative estimate of drug-likeness (QED) is 0.866. The molecule has 1 heterocycles. The van der Waals surface area contributed by atoms with Gasteiger partial charge in [0.05, 0.1) is 17.4 Å². The lowest BCUT2D eigenvalue weighted by molar-refractivity contribution is 0.103. The fraction of sp³-hybridized carbons (Fsp3) is 0.462. The Bertz CT molecular complexity index is 455. The highest BCUT2D eigenvalue weighted by Gasteiger charge is 2.25. The number of aliphatic hydroxyl groups is 1. The minimum Gasteiger partial charge on any atom is -0.391 e. The summed E-state index contributed by atoms with van der Waals surface area (Å²) < 4.78 is 0.906. The van der Waals surface area contributed by atoms with Crippen molar-refractivity contribution in [2.45, 2.75) is 19.4 Å². The maximum absolute atomic E-state index is 9.89. The van der Waals surface area contributed by atoms with Crippen LogP contribution in [0.3, 0.4) is 0 Å². The van der Waals surface area contributed by atoms with Crippen molar-refractivity contribution in [3.05, 3.63) is 28.2 Å². The Balaban J connectivity index is 2.26. The molecule has 0 amide bonds. The number of halogens is 1. The van der Waals surface area contributed by atoms with Crippen LogP contribution in [0, 0.1) is 17.2 Å². The Morgan fingerprint density at radius 2 is 2.29 bits per heavy atom. The van der Waals surface area contributed by atoms with Gasteiger partial charge in [-0.25, -0.2) is 0 Å². The lowest BCUT2D eigenvalue weighted by atomic mass is 9.95. The Morgan fingerprint density at radius 3 is 2.94 bits per heavy atom. The zero-order valence-electron chi connectivity index (χ0n) is 9.73. The first-order valence-corrected chi connectivity index (χ1v) is 6.54. The lowest BCUT2D eigenvalue weighted by Crippen LogP contribution is -2.43. The summed E-state index contributed by atoms with van der Waals surface area (Å²) >= 11 is 3.36. The van der Waals surface area contributed by atoms with Crippen LogP contribution in [0.15, 0.2) is 22.7 Å². The maximum atomic E-state index is 9.89. The molecule has 3 nitrogen and oxygen atoms in total. The van der Waals surface area contributed by atoms with E-state index in [0.717, 1.165) is 23.1 Å². The number of nitriles is 1. The first-order valence-electron chi connectivity index (χ1n) is 5.74. The predicted molar refractivity (Wildman–Crippen MR) is 70.9 cm³/mol. The molecule has 4 heteroatoms. The molecule has 1 aliphatic heterocycles. The number of benzene rings is 1. The molecule has 0 aromatic heterocycles. The van der Waals surface area contributed by atoms with Crippen LogP contribution >= 0.6 is 15.9 Å². The van der Waals surface area contributed by atoms with Gasteiger partial charge in [-0.3, -0.25) is 0 Å². The van der Waals surface area contributed by atoms with Crippen LogP contribution in [0.4, 0.5) is 5.69 Å². The average Bonchev–Trinajstić information content (AvgIpc) is 2.32. The van der Waals surface area contributed by atoms with Crippen molar-refractivity contribution < 1.29 is 5.11 Å². The predicted octanol–water partition coefficient (Wildman–Crippen LogP) is 2.53. The van der Waals surface area contributed by atoms with Crippen molar-refractivity contribution in [2.24, 2.45) is 5.92 Å². The Kier molecular flexibility index (Phi) is 3.70. The molecule has 2 atom stereocenters. The van der Waals surface area contributed by atoms with Crippen LogP contribution in [0.1, 0.15) is 18.9 Å². The van der Waals surface area contributed by atoms with E-state index in [1.807, 2.05) is 18.2 Å². The number of aliphatic hydroxyl groups excluding tert-OH is 1. The monoisotopic (exact) mass is 294 g/mol. The second-order valence-electron chi connectivity index (χ2n) is 4.55. The molecule has 2 rings (SSSR count). The summed E-state index contributed by atoms with van der Waals surface area (Å²) in [4.78, 5) is 2.09.